The van der Waals surface area contributed by atoms with Crippen LogP contribution in [0.15, 0.2) is 65.5 Å². The van der Waals surface area contributed by atoms with Crippen molar-refractivity contribution in [2.75, 3.05) is 0 Å². The molecule has 26 heavy (non-hydrogen) atoms. The first-order valence-electron chi connectivity index (χ1n) is 8.59. The van der Waals surface area contributed by atoms with E-state index in [0.29, 0.717) is 0 Å². The predicted molar refractivity (Wildman–Crippen MR) is 113 cm³/mol. The van der Waals surface area contributed by atoms with Gasteiger partial charge in [0.05, 0.1) is 17.4 Å². The quantitative estimate of drug-likeness (QED) is 0.502. The molecule has 0 atom stereocenters. The Labute approximate surface area is 154 Å². The van der Waals surface area contributed by atoms with Gasteiger partial charge in [0, 0.05) is 23.5 Å². The van der Waals surface area contributed by atoms with Gasteiger partial charge in [-0.05, 0) is 67.3 Å². The Morgan fingerprint density at radius 2 is 2.08 bits per heavy atom. The Bertz CT molecular complexity index is 930. The molecule has 2 rings (SSSR count). The summed E-state index contributed by atoms with van der Waals surface area (Å²) >= 11 is 0. The first-order chi connectivity index (χ1) is 12.6. The minimum absolute atomic E-state index is 0.257. The largest absolute Gasteiger partial charge is 0.309 e. The maximum Gasteiger partial charge on any atom is 0.0723 e. The van der Waals surface area contributed by atoms with Gasteiger partial charge in [-0.25, -0.2) is 0 Å². The zero-order valence-corrected chi connectivity index (χ0v) is 15.5. The Morgan fingerprint density at radius 1 is 1.27 bits per heavy atom. The Balaban J connectivity index is 2.45. The number of aliphatic imine (C=N–C) groups is 1. The van der Waals surface area contributed by atoms with E-state index in [9.17, 15) is 0 Å². The highest BCUT2D eigenvalue weighted by molar-refractivity contribution is 6.34. The molecule has 0 amide bonds. The molecule has 4 nitrogen and oxygen atoms in total. The van der Waals surface area contributed by atoms with Gasteiger partial charge in [-0.1, -0.05) is 25.1 Å². The number of pyridine rings is 1. The minimum Gasteiger partial charge on any atom is -0.309 e. The molecule has 0 aliphatic rings. The summed E-state index contributed by atoms with van der Waals surface area (Å²) in [5.41, 5.74) is 5.53. The summed E-state index contributed by atoms with van der Waals surface area (Å²) in [7, 11) is 0. The molecule has 2 N–H and O–H groups in total. The number of benzene rings is 1. The maximum absolute atomic E-state index is 7.77. The molecule has 132 valence electrons. The van der Waals surface area contributed by atoms with Crippen LogP contribution in [0.3, 0.4) is 0 Å². The summed E-state index contributed by atoms with van der Waals surface area (Å²) in [4.78, 5) is 8.82. The SMILES string of the molecule is CC\C=C(/C=C(C)\N=C\C(=N)/C=C\C=N)c1c(C)ccc2ncccc12. The third-order valence-corrected chi connectivity index (χ3v) is 3.85. The van der Waals surface area contributed by atoms with E-state index in [4.69, 9.17) is 10.8 Å². The van der Waals surface area contributed by atoms with Gasteiger partial charge in [0.25, 0.3) is 0 Å². The van der Waals surface area contributed by atoms with Crippen molar-refractivity contribution >= 4 is 34.6 Å². The Hall–Kier alpha value is -3.14. The fraction of sp³-hybridized carbons (Fsp3) is 0.182. The number of fused-ring (bicyclic) bond motifs is 1. The average molecular weight is 344 g/mol. The van der Waals surface area contributed by atoms with E-state index in [1.54, 1.807) is 0 Å². The lowest BCUT2D eigenvalue weighted by Crippen LogP contribution is -1.94. The molecule has 1 aromatic carbocycles. The lowest BCUT2D eigenvalue weighted by atomic mass is 9.94. The van der Waals surface area contributed by atoms with Crippen LogP contribution in [0.4, 0.5) is 0 Å². The van der Waals surface area contributed by atoms with Crippen LogP contribution in [-0.4, -0.2) is 23.1 Å². The molecule has 0 aliphatic heterocycles. The molecule has 2 aromatic rings. The molecule has 0 spiro atoms. The van der Waals surface area contributed by atoms with Crippen molar-refractivity contribution in [3.63, 3.8) is 0 Å². The van der Waals surface area contributed by atoms with E-state index in [1.165, 1.54) is 29.5 Å². The zero-order valence-electron chi connectivity index (χ0n) is 15.5. The fourth-order valence-electron chi connectivity index (χ4n) is 2.73. The zero-order chi connectivity index (χ0) is 18.9. The van der Waals surface area contributed by atoms with Gasteiger partial charge >= 0.3 is 0 Å². The Morgan fingerprint density at radius 3 is 2.81 bits per heavy atom. The number of nitrogens with zero attached hydrogens (tertiary/aromatic N) is 2. The van der Waals surface area contributed by atoms with Gasteiger partial charge in [-0.3, -0.25) is 15.4 Å². The van der Waals surface area contributed by atoms with Crippen LogP contribution < -0.4 is 0 Å². The molecule has 0 saturated heterocycles. The first-order valence-corrected chi connectivity index (χ1v) is 8.59. The second-order valence-corrected chi connectivity index (χ2v) is 5.92. The highest BCUT2D eigenvalue weighted by Gasteiger charge is 2.09. The van der Waals surface area contributed by atoms with Crippen molar-refractivity contribution in [2.24, 2.45) is 4.99 Å². The van der Waals surface area contributed by atoms with Crippen molar-refractivity contribution in [3.05, 3.63) is 71.6 Å². The molecule has 1 aromatic heterocycles. The normalized spacial score (nSPS) is 13.0. The summed E-state index contributed by atoms with van der Waals surface area (Å²) in [6.07, 6.45) is 12.6. The second kappa shape index (κ2) is 9.37. The van der Waals surface area contributed by atoms with Gasteiger partial charge in [0.2, 0.25) is 0 Å². The number of nitrogens with one attached hydrogen (secondary N) is 2. The number of aromatic nitrogens is 1. The average Bonchev–Trinajstić information content (AvgIpc) is 2.64. The highest BCUT2D eigenvalue weighted by Crippen LogP contribution is 2.29. The van der Waals surface area contributed by atoms with E-state index in [0.717, 1.165) is 34.8 Å². The van der Waals surface area contributed by atoms with Crippen LogP contribution in [0, 0.1) is 17.7 Å². The van der Waals surface area contributed by atoms with Crippen molar-refractivity contribution in [1.29, 1.82) is 10.8 Å². The van der Waals surface area contributed by atoms with E-state index in [-0.39, 0.29) is 5.71 Å². The molecule has 0 aliphatic carbocycles. The van der Waals surface area contributed by atoms with Gasteiger partial charge in [0.15, 0.2) is 0 Å². The number of allylic oxidation sites excluding steroid dienone is 6. The molecule has 0 saturated carbocycles. The summed E-state index contributed by atoms with van der Waals surface area (Å²) in [6, 6.07) is 8.20. The van der Waals surface area contributed by atoms with Crippen LogP contribution >= 0.6 is 0 Å². The third kappa shape index (κ3) is 4.93. The molecule has 0 fully saturated rings. The first kappa shape index (κ1) is 19.2. The van der Waals surface area contributed by atoms with Crippen LogP contribution in [0.1, 0.15) is 31.4 Å². The van der Waals surface area contributed by atoms with Crippen molar-refractivity contribution in [2.45, 2.75) is 27.2 Å². The number of hydrogen-bond acceptors (Lipinski definition) is 4. The lowest BCUT2D eigenvalue weighted by molar-refractivity contribution is 1.22. The molecule has 4 heteroatoms. The van der Waals surface area contributed by atoms with Crippen LogP contribution in [0.2, 0.25) is 0 Å². The van der Waals surface area contributed by atoms with E-state index < -0.39 is 0 Å². The second-order valence-electron chi connectivity index (χ2n) is 5.92. The topological polar surface area (TPSA) is 73.0 Å². The van der Waals surface area contributed by atoms with Gasteiger partial charge in [-0.15, -0.1) is 0 Å². The fourth-order valence-corrected chi connectivity index (χ4v) is 2.73. The number of aryl methyl sites for hydroxylation is 1. The maximum atomic E-state index is 7.77. The van der Waals surface area contributed by atoms with Crippen LogP contribution in [0.25, 0.3) is 16.5 Å². The molecular weight excluding hydrogens is 320 g/mol. The molecule has 1 heterocycles. The summed E-state index contributed by atoms with van der Waals surface area (Å²) in [5, 5.41) is 15.8. The van der Waals surface area contributed by atoms with Gasteiger partial charge < -0.3 is 5.41 Å². The monoisotopic (exact) mass is 344 g/mol. The smallest absolute Gasteiger partial charge is 0.0723 e. The summed E-state index contributed by atoms with van der Waals surface area (Å²) in [6.45, 7) is 6.14. The van der Waals surface area contributed by atoms with Crippen LogP contribution in [0.5, 0.6) is 0 Å². The van der Waals surface area contributed by atoms with Crippen molar-refractivity contribution in [3.8, 4) is 0 Å². The Kier molecular flexibility index (Phi) is 6.92. The lowest BCUT2D eigenvalue weighted by Gasteiger charge is -2.12. The predicted octanol–water partition coefficient (Wildman–Crippen LogP) is 5.54. The third-order valence-electron chi connectivity index (χ3n) is 3.85. The van der Waals surface area contributed by atoms with E-state index in [2.05, 4.69) is 42.0 Å². The molecular formula is C22H24N4. The van der Waals surface area contributed by atoms with Gasteiger partial charge in [0.1, 0.15) is 0 Å². The molecule has 0 bridgehead atoms. The standard InChI is InChI=1S/C22H24N4/c1-4-7-18(14-17(3)26-15-19(24)8-5-12-23)22-16(2)10-11-21-20(22)9-6-13-25-21/h5-15,23-24H,4H2,1-3H3/b8-5-,17-14-,18-7+,23-12?,24-19?,26-15+. The van der Waals surface area contributed by atoms with E-state index >= 15 is 0 Å². The number of rotatable bonds is 7. The number of hydrogen-bond donors (Lipinski definition) is 2. The van der Waals surface area contributed by atoms with E-state index in [1.807, 2.05) is 31.3 Å². The van der Waals surface area contributed by atoms with Crippen LogP contribution in [-0.2, 0) is 0 Å². The molecule has 0 radical (unpaired) electrons. The summed E-state index contributed by atoms with van der Waals surface area (Å²) in [5.74, 6) is 0. The van der Waals surface area contributed by atoms with Crippen molar-refractivity contribution in [1.82, 2.24) is 4.98 Å². The summed E-state index contributed by atoms with van der Waals surface area (Å²) < 4.78 is 0. The van der Waals surface area contributed by atoms with Crippen molar-refractivity contribution < 1.29 is 0 Å². The molecule has 0 unspecified atom stereocenters. The minimum atomic E-state index is 0.257. The highest BCUT2D eigenvalue weighted by atomic mass is 14.7. The van der Waals surface area contributed by atoms with Gasteiger partial charge in [-0.2, -0.15) is 0 Å².